The molecule has 4 aromatic rings. The van der Waals surface area contributed by atoms with Gasteiger partial charge in [-0.05, 0) is 23.8 Å². The molecule has 2 atom stereocenters. The van der Waals surface area contributed by atoms with Crippen molar-refractivity contribution in [2.24, 2.45) is 7.05 Å². The molecule has 0 radical (unpaired) electrons. The number of carbonyl (C=O) groups excluding carboxylic acids is 2. The molecule has 214 valence electrons. The van der Waals surface area contributed by atoms with Gasteiger partial charge in [0.25, 0.3) is 5.91 Å². The zero-order valence-electron chi connectivity index (χ0n) is 22.4. The van der Waals surface area contributed by atoms with Crippen LogP contribution in [0.1, 0.15) is 46.3 Å². The number of aryl methyl sites for hydroxylation is 2. The van der Waals surface area contributed by atoms with Crippen LogP contribution in [0, 0.1) is 5.82 Å². The van der Waals surface area contributed by atoms with Gasteiger partial charge in [0, 0.05) is 56.7 Å². The lowest BCUT2D eigenvalue weighted by Crippen LogP contribution is -2.33. The lowest BCUT2D eigenvalue weighted by molar-refractivity contribution is -0.137. The Morgan fingerprint density at radius 3 is 2.78 bits per heavy atom. The largest absolute Gasteiger partial charge is 0.481 e. The van der Waals surface area contributed by atoms with Gasteiger partial charge in [0.05, 0.1) is 41.3 Å². The van der Waals surface area contributed by atoms with Gasteiger partial charge in [-0.2, -0.15) is 0 Å². The number of amides is 2. The number of ether oxygens (including phenoxy) is 1. The molecule has 1 unspecified atom stereocenters. The number of halogens is 2. The first-order valence-corrected chi connectivity index (χ1v) is 13.3. The van der Waals surface area contributed by atoms with Crippen molar-refractivity contribution in [3.8, 4) is 0 Å². The van der Waals surface area contributed by atoms with E-state index in [4.69, 9.17) is 26.0 Å². The van der Waals surface area contributed by atoms with Gasteiger partial charge in [-0.3, -0.25) is 14.4 Å². The summed E-state index contributed by atoms with van der Waals surface area (Å²) in [5.41, 5.74) is 1.94. The van der Waals surface area contributed by atoms with Crippen LogP contribution < -0.4 is 5.32 Å². The van der Waals surface area contributed by atoms with Crippen LogP contribution in [-0.2, 0) is 34.2 Å². The molecule has 2 amide bonds. The third kappa shape index (κ3) is 5.96. The van der Waals surface area contributed by atoms with Crippen LogP contribution in [0.2, 0.25) is 5.02 Å². The van der Waals surface area contributed by atoms with Gasteiger partial charge < -0.3 is 29.2 Å². The Labute approximate surface area is 239 Å². The molecule has 2 N–H and O–H groups in total. The van der Waals surface area contributed by atoms with E-state index in [0.29, 0.717) is 23.4 Å². The van der Waals surface area contributed by atoms with Gasteiger partial charge in [0.15, 0.2) is 0 Å². The van der Waals surface area contributed by atoms with Crippen molar-refractivity contribution in [1.29, 1.82) is 0 Å². The number of hydrogen-bond donors (Lipinski definition) is 2. The number of carboxylic acids is 1. The maximum atomic E-state index is 15.2. The highest BCUT2D eigenvalue weighted by molar-refractivity contribution is 6.34. The van der Waals surface area contributed by atoms with E-state index >= 15 is 4.39 Å². The van der Waals surface area contributed by atoms with Crippen LogP contribution in [0.5, 0.6) is 0 Å². The van der Waals surface area contributed by atoms with Crippen molar-refractivity contribution < 1.29 is 33.1 Å². The number of fused-ring (bicyclic) bond motifs is 1. The Morgan fingerprint density at radius 1 is 1.24 bits per heavy atom. The number of para-hydroxylation sites is 1. The molecule has 1 aliphatic rings. The lowest BCUT2D eigenvalue weighted by atomic mass is 10.1. The number of hydrogen-bond acceptors (Lipinski definition) is 6. The predicted octanol–water partition coefficient (Wildman–Crippen LogP) is 4.76. The molecule has 0 bridgehead atoms. The summed E-state index contributed by atoms with van der Waals surface area (Å²) >= 11 is 6.43. The number of anilines is 1. The number of carboxylic acid groups (broad SMARTS) is 1. The van der Waals surface area contributed by atoms with Crippen LogP contribution in [0.3, 0.4) is 0 Å². The Hall–Kier alpha value is -4.22. The second kappa shape index (κ2) is 11.7. The van der Waals surface area contributed by atoms with Crippen molar-refractivity contribution in [1.82, 2.24) is 14.6 Å². The maximum absolute atomic E-state index is 15.2. The quantitative estimate of drug-likeness (QED) is 0.291. The average Bonchev–Trinajstić information content (AvgIpc) is 3.67. The first-order valence-electron chi connectivity index (χ1n) is 13.0. The summed E-state index contributed by atoms with van der Waals surface area (Å²) in [6.07, 6.45) is 1.67. The summed E-state index contributed by atoms with van der Waals surface area (Å²) in [6.45, 7) is 0.270. The van der Waals surface area contributed by atoms with Crippen molar-refractivity contribution in [2.75, 3.05) is 19.0 Å². The number of likely N-dealkylation sites (tertiary alicyclic amines) is 1. The molecule has 1 saturated heterocycles. The van der Waals surface area contributed by atoms with Crippen molar-refractivity contribution in [3.63, 3.8) is 0 Å². The van der Waals surface area contributed by atoms with E-state index < -0.39 is 23.7 Å². The summed E-state index contributed by atoms with van der Waals surface area (Å²) in [4.78, 5) is 38.8. The summed E-state index contributed by atoms with van der Waals surface area (Å²) in [6, 6.07) is 11.0. The molecular formula is C29H28ClFN4O6. The number of carbonyl (C=O) groups is 3. The molecule has 0 saturated carbocycles. The number of rotatable bonds is 9. The maximum Gasteiger partial charge on any atom is 0.303 e. The topological polar surface area (TPSA) is 127 Å². The first-order chi connectivity index (χ1) is 19.6. The normalized spacial score (nSPS) is 16.8. The summed E-state index contributed by atoms with van der Waals surface area (Å²) in [7, 11) is 3.37. The molecule has 1 fully saturated rings. The van der Waals surface area contributed by atoms with Crippen LogP contribution in [0.25, 0.3) is 10.9 Å². The van der Waals surface area contributed by atoms with E-state index in [1.54, 1.807) is 24.3 Å². The molecule has 0 aliphatic carbocycles. The van der Waals surface area contributed by atoms with Gasteiger partial charge in [-0.15, -0.1) is 0 Å². The molecule has 0 spiro atoms. The van der Waals surface area contributed by atoms with Crippen LogP contribution in [0.4, 0.5) is 10.1 Å². The number of benzene rings is 2. The number of nitrogens with zero attached hydrogens (tertiary/aromatic N) is 3. The molecule has 2 aromatic carbocycles. The highest BCUT2D eigenvalue weighted by Gasteiger charge is 2.38. The van der Waals surface area contributed by atoms with Crippen molar-refractivity contribution >= 4 is 46.0 Å². The molecular weight excluding hydrogens is 555 g/mol. The Bertz CT molecular complexity index is 1630. The predicted molar refractivity (Wildman–Crippen MR) is 148 cm³/mol. The minimum absolute atomic E-state index is 0.0741. The van der Waals surface area contributed by atoms with Crippen LogP contribution >= 0.6 is 11.6 Å². The van der Waals surface area contributed by atoms with Crippen LogP contribution in [-0.4, -0.2) is 57.3 Å². The fourth-order valence-electron chi connectivity index (χ4n) is 5.15. The summed E-state index contributed by atoms with van der Waals surface area (Å²) in [5, 5.41) is 16.5. The number of methoxy groups -OCH3 is 1. The molecule has 1 aliphatic heterocycles. The molecule has 10 nitrogen and oxygen atoms in total. The minimum Gasteiger partial charge on any atom is -0.481 e. The van der Waals surface area contributed by atoms with Crippen molar-refractivity contribution in [3.05, 3.63) is 82.1 Å². The highest BCUT2D eigenvalue weighted by Crippen LogP contribution is 2.35. The van der Waals surface area contributed by atoms with E-state index in [0.717, 1.165) is 17.0 Å². The standard InChI is InChI=1S/C29H28ClFN4O6/c1-34-15-20(19-5-3-4-6-25(19)34)29(39)32-23-13-22(31)16(9-21(23)30)10-27(36)35-14-18(40-2)12-26(35)24-11-17(41-33-24)7-8-28(37)38/h3-6,9,11,13,15,18,26H,7-8,10,12,14H2,1-2H3,(H,32,39)(H,37,38)/t18-,26?/m0/s1. The van der Waals surface area contributed by atoms with E-state index in [-0.39, 0.29) is 54.1 Å². The second-order valence-electron chi connectivity index (χ2n) is 9.99. The summed E-state index contributed by atoms with van der Waals surface area (Å²) in [5.74, 6) is -2.05. The summed E-state index contributed by atoms with van der Waals surface area (Å²) < 4.78 is 27.8. The number of aromatic nitrogens is 2. The Morgan fingerprint density at radius 2 is 2.02 bits per heavy atom. The van der Waals surface area contributed by atoms with Gasteiger partial charge >= 0.3 is 5.97 Å². The SMILES string of the molecule is CO[C@H]1CC(c2cc(CCC(=O)O)on2)N(C(=O)Cc2cc(Cl)c(NC(=O)c3cn(C)c4ccccc34)cc2F)C1. The van der Waals surface area contributed by atoms with Crippen molar-refractivity contribution in [2.45, 2.75) is 37.8 Å². The van der Waals surface area contributed by atoms with Gasteiger partial charge in [0.2, 0.25) is 5.91 Å². The van der Waals surface area contributed by atoms with Gasteiger partial charge in [-0.1, -0.05) is 35.0 Å². The van der Waals surface area contributed by atoms with E-state index in [1.807, 2.05) is 35.9 Å². The first kappa shape index (κ1) is 28.3. The third-order valence-electron chi connectivity index (χ3n) is 7.29. The fourth-order valence-corrected chi connectivity index (χ4v) is 5.39. The third-order valence-corrected chi connectivity index (χ3v) is 7.60. The second-order valence-corrected chi connectivity index (χ2v) is 10.4. The van der Waals surface area contributed by atoms with E-state index in [9.17, 15) is 14.4 Å². The fraction of sp³-hybridized carbons (Fsp3) is 0.310. The number of aliphatic carboxylic acids is 1. The zero-order valence-corrected chi connectivity index (χ0v) is 23.2. The molecule has 5 rings (SSSR count). The lowest BCUT2D eigenvalue weighted by Gasteiger charge is -2.23. The molecule has 41 heavy (non-hydrogen) atoms. The highest BCUT2D eigenvalue weighted by atomic mass is 35.5. The average molecular weight is 583 g/mol. The minimum atomic E-state index is -0.958. The van der Waals surface area contributed by atoms with E-state index in [1.165, 1.54) is 6.07 Å². The number of nitrogens with one attached hydrogen (secondary N) is 1. The van der Waals surface area contributed by atoms with Gasteiger partial charge in [0.1, 0.15) is 17.3 Å². The molecule has 3 heterocycles. The smallest absolute Gasteiger partial charge is 0.303 e. The Balaban J connectivity index is 1.31. The van der Waals surface area contributed by atoms with Crippen LogP contribution in [0.15, 0.2) is 53.2 Å². The zero-order chi connectivity index (χ0) is 29.3. The Kier molecular flexibility index (Phi) is 8.09. The molecule has 2 aromatic heterocycles. The van der Waals surface area contributed by atoms with Gasteiger partial charge in [-0.25, -0.2) is 4.39 Å². The molecule has 12 heteroatoms. The van der Waals surface area contributed by atoms with E-state index in [2.05, 4.69) is 10.5 Å². The monoisotopic (exact) mass is 582 g/mol.